The molecule has 29 heavy (non-hydrogen) atoms. The molecule has 2 aromatic carbocycles. The summed E-state index contributed by atoms with van der Waals surface area (Å²) >= 11 is 0. The topological polar surface area (TPSA) is 82.1 Å². The molecule has 1 fully saturated rings. The maximum Gasteiger partial charge on any atom is 0.255 e. The lowest BCUT2D eigenvalue weighted by Crippen LogP contribution is -2.60. The van der Waals surface area contributed by atoms with Crippen molar-refractivity contribution in [3.63, 3.8) is 0 Å². The van der Waals surface area contributed by atoms with Crippen LogP contribution >= 0.6 is 0 Å². The molecule has 1 atom stereocenters. The normalized spacial score (nSPS) is 22.2. The minimum absolute atomic E-state index is 0.0666. The van der Waals surface area contributed by atoms with Gasteiger partial charge in [0.2, 0.25) is 15.0 Å². The Morgan fingerprint density at radius 3 is 2.10 bits per heavy atom. The summed E-state index contributed by atoms with van der Waals surface area (Å²) in [5, 5.41) is 2.83. The Hall–Kier alpha value is -2.87. The standard InChI is InChI=1S/C21H24N4O3S/c1-29(27,28)20-22-16-21(23-20,17-8-4-2-5-9-17)19(26)25-14-12-24(13-15-25)18-10-6-3-7-11-18/h2-11H,12-16H2,1H3,(H,22,23). The number of carbonyl (C=O) groups excluding carboxylic acids is 1. The summed E-state index contributed by atoms with van der Waals surface area (Å²) in [4.78, 5) is 21.8. The maximum atomic E-state index is 13.6. The van der Waals surface area contributed by atoms with Crippen LogP contribution < -0.4 is 10.2 Å². The van der Waals surface area contributed by atoms with Crippen LogP contribution in [-0.2, 0) is 20.2 Å². The van der Waals surface area contributed by atoms with E-state index in [2.05, 4.69) is 27.3 Å². The van der Waals surface area contributed by atoms with Crippen molar-refractivity contribution in [2.24, 2.45) is 4.99 Å². The summed E-state index contributed by atoms with van der Waals surface area (Å²) in [6, 6.07) is 19.4. The molecule has 8 heteroatoms. The second-order valence-corrected chi connectivity index (χ2v) is 9.34. The molecular formula is C21H24N4O3S. The van der Waals surface area contributed by atoms with E-state index in [4.69, 9.17) is 0 Å². The van der Waals surface area contributed by atoms with E-state index in [0.717, 1.165) is 30.6 Å². The summed E-state index contributed by atoms with van der Waals surface area (Å²) in [6.45, 7) is 2.65. The number of sulfone groups is 1. The van der Waals surface area contributed by atoms with Gasteiger partial charge >= 0.3 is 0 Å². The molecule has 4 rings (SSSR count). The molecule has 1 unspecified atom stereocenters. The van der Waals surface area contributed by atoms with E-state index < -0.39 is 15.4 Å². The monoisotopic (exact) mass is 412 g/mol. The van der Waals surface area contributed by atoms with Gasteiger partial charge in [0.05, 0.1) is 6.54 Å². The second kappa shape index (κ2) is 7.51. The van der Waals surface area contributed by atoms with Gasteiger partial charge in [0.15, 0.2) is 5.54 Å². The molecule has 152 valence electrons. The van der Waals surface area contributed by atoms with Crippen LogP contribution in [0, 0.1) is 0 Å². The summed E-state index contributed by atoms with van der Waals surface area (Å²) in [7, 11) is -3.53. The number of hydrogen-bond donors (Lipinski definition) is 1. The highest BCUT2D eigenvalue weighted by atomic mass is 32.2. The second-order valence-electron chi connectivity index (χ2n) is 7.40. The molecule has 0 aliphatic carbocycles. The third kappa shape index (κ3) is 3.72. The van der Waals surface area contributed by atoms with Crippen LogP contribution in [0.1, 0.15) is 5.56 Å². The molecule has 0 bridgehead atoms. The number of benzene rings is 2. The number of piperazine rings is 1. The van der Waals surface area contributed by atoms with Crippen molar-refractivity contribution in [3.8, 4) is 0 Å². The van der Waals surface area contributed by atoms with Gasteiger partial charge in [-0.05, 0) is 17.7 Å². The van der Waals surface area contributed by atoms with Gasteiger partial charge < -0.3 is 15.1 Å². The highest BCUT2D eigenvalue weighted by molar-refractivity contribution is 8.05. The number of amidine groups is 1. The van der Waals surface area contributed by atoms with E-state index in [-0.39, 0.29) is 17.6 Å². The van der Waals surface area contributed by atoms with E-state index in [9.17, 15) is 13.2 Å². The molecular weight excluding hydrogens is 388 g/mol. The van der Waals surface area contributed by atoms with Crippen molar-refractivity contribution in [1.82, 2.24) is 10.2 Å². The molecule has 2 aliphatic rings. The zero-order valence-electron chi connectivity index (χ0n) is 16.3. The zero-order chi connectivity index (χ0) is 20.5. The van der Waals surface area contributed by atoms with Crippen LogP contribution in [-0.4, -0.2) is 63.4 Å². The average Bonchev–Trinajstić information content (AvgIpc) is 3.22. The Balaban J connectivity index is 1.56. The Labute approximate surface area is 171 Å². The van der Waals surface area contributed by atoms with Crippen LogP contribution in [0.3, 0.4) is 0 Å². The van der Waals surface area contributed by atoms with Crippen LogP contribution in [0.4, 0.5) is 5.69 Å². The number of aliphatic imine (C=N–C) groups is 1. The van der Waals surface area contributed by atoms with Crippen LogP contribution in [0.5, 0.6) is 0 Å². The number of rotatable bonds is 3. The van der Waals surface area contributed by atoms with Crippen molar-refractivity contribution >= 4 is 26.6 Å². The van der Waals surface area contributed by atoms with Crippen LogP contribution in [0.25, 0.3) is 0 Å². The van der Waals surface area contributed by atoms with Crippen molar-refractivity contribution in [2.75, 3.05) is 43.9 Å². The predicted octanol–water partition coefficient (Wildman–Crippen LogP) is 1.23. The fourth-order valence-electron chi connectivity index (χ4n) is 3.87. The highest BCUT2D eigenvalue weighted by Gasteiger charge is 2.48. The number of nitrogens with one attached hydrogen (secondary N) is 1. The predicted molar refractivity (Wildman–Crippen MR) is 114 cm³/mol. The zero-order valence-corrected chi connectivity index (χ0v) is 17.1. The van der Waals surface area contributed by atoms with Crippen LogP contribution in [0.15, 0.2) is 65.7 Å². The first-order valence-corrected chi connectivity index (χ1v) is 11.5. The highest BCUT2D eigenvalue weighted by Crippen LogP contribution is 2.29. The molecule has 2 aromatic rings. The van der Waals surface area contributed by atoms with Gasteiger partial charge in [-0.3, -0.25) is 9.79 Å². The summed E-state index contributed by atoms with van der Waals surface area (Å²) in [6.07, 6.45) is 1.10. The first kappa shape index (κ1) is 19.4. The first-order valence-electron chi connectivity index (χ1n) is 9.58. The van der Waals surface area contributed by atoms with Crippen molar-refractivity contribution in [1.29, 1.82) is 0 Å². The summed E-state index contributed by atoms with van der Waals surface area (Å²) < 4.78 is 24.1. The lowest BCUT2D eigenvalue weighted by molar-refractivity contribution is -0.137. The quantitative estimate of drug-likeness (QED) is 0.820. The molecule has 2 aliphatic heterocycles. The summed E-state index contributed by atoms with van der Waals surface area (Å²) in [5.41, 5.74) is 0.672. The summed E-state index contributed by atoms with van der Waals surface area (Å²) in [5.74, 6) is -0.140. The average molecular weight is 413 g/mol. The fourth-order valence-corrected chi connectivity index (χ4v) is 4.53. The number of anilines is 1. The van der Waals surface area contributed by atoms with Crippen LogP contribution in [0.2, 0.25) is 0 Å². The molecule has 0 spiro atoms. The molecule has 1 N–H and O–H groups in total. The van der Waals surface area contributed by atoms with Crippen molar-refractivity contribution in [3.05, 3.63) is 66.2 Å². The Kier molecular flexibility index (Phi) is 5.04. The van der Waals surface area contributed by atoms with Gasteiger partial charge in [-0.1, -0.05) is 48.5 Å². The van der Waals surface area contributed by atoms with Gasteiger partial charge in [-0.2, -0.15) is 0 Å². The van der Waals surface area contributed by atoms with E-state index in [0.29, 0.717) is 13.1 Å². The van der Waals surface area contributed by atoms with Gasteiger partial charge in [0, 0.05) is 38.1 Å². The molecule has 7 nitrogen and oxygen atoms in total. The maximum absolute atomic E-state index is 13.6. The minimum atomic E-state index is -3.53. The lowest BCUT2D eigenvalue weighted by atomic mass is 9.88. The Morgan fingerprint density at radius 2 is 1.55 bits per heavy atom. The number of hydrogen-bond acceptors (Lipinski definition) is 6. The number of nitrogens with zero attached hydrogens (tertiary/aromatic N) is 3. The van der Waals surface area contributed by atoms with E-state index in [1.807, 2.05) is 48.5 Å². The molecule has 1 amide bonds. The van der Waals surface area contributed by atoms with Gasteiger partial charge in [0.25, 0.3) is 5.91 Å². The van der Waals surface area contributed by atoms with E-state index >= 15 is 0 Å². The van der Waals surface area contributed by atoms with Gasteiger partial charge in [-0.15, -0.1) is 0 Å². The minimum Gasteiger partial charge on any atom is -0.368 e. The molecule has 0 aromatic heterocycles. The van der Waals surface area contributed by atoms with E-state index in [1.165, 1.54) is 0 Å². The molecule has 1 saturated heterocycles. The third-order valence-corrected chi connectivity index (χ3v) is 6.38. The van der Waals surface area contributed by atoms with Crippen molar-refractivity contribution < 1.29 is 13.2 Å². The number of carbonyl (C=O) groups is 1. The SMILES string of the molecule is CS(=O)(=O)C1=NCC(C(=O)N2CCN(c3ccccc3)CC2)(c2ccccc2)N1. The third-order valence-electron chi connectivity index (χ3n) is 5.45. The number of para-hydroxylation sites is 1. The largest absolute Gasteiger partial charge is 0.368 e. The van der Waals surface area contributed by atoms with E-state index in [1.54, 1.807) is 4.90 Å². The van der Waals surface area contributed by atoms with Gasteiger partial charge in [0.1, 0.15) is 0 Å². The smallest absolute Gasteiger partial charge is 0.255 e. The Bertz CT molecular complexity index is 1020. The van der Waals surface area contributed by atoms with Crippen molar-refractivity contribution in [2.45, 2.75) is 5.54 Å². The van der Waals surface area contributed by atoms with Gasteiger partial charge in [-0.25, -0.2) is 8.42 Å². The Morgan fingerprint density at radius 1 is 0.966 bits per heavy atom. The lowest BCUT2D eigenvalue weighted by Gasteiger charge is -2.40. The molecule has 0 saturated carbocycles. The molecule has 0 radical (unpaired) electrons. The fraction of sp³-hybridized carbons (Fsp3) is 0.333. The number of amides is 1. The first-order chi connectivity index (χ1) is 13.9. The molecule has 2 heterocycles.